The normalized spacial score (nSPS) is 15.2. The maximum absolute atomic E-state index is 12.4. The maximum Gasteiger partial charge on any atom is 0.535 e. The van der Waals surface area contributed by atoms with Gasteiger partial charge in [0.1, 0.15) is 0 Å². The van der Waals surface area contributed by atoms with Gasteiger partial charge in [0.15, 0.2) is 0 Å². The van der Waals surface area contributed by atoms with Gasteiger partial charge in [0.2, 0.25) is 0 Å². The van der Waals surface area contributed by atoms with Gasteiger partial charge in [-0.1, -0.05) is 0 Å². The first-order valence-corrected chi connectivity index (χ1v) is 3.00. The van der Waals surface area contributed by atoms with Gasteiger partial charge in [-0.15, -0.1) is 4.39 Å². The Balaban J connectivity index is 4.30. The highest BCUT2D eigenvalue weighted by atomic mass is 35.5. The van der Waals surface area contributed by atoms with E-state index in [1.807, 2.05) is 0 Å². The molecule has 0 aliphatic carbocycles. The number of rotatable bonds is 3. The highest BCUT2D eigenvalue weighted by molar-refractivity contribution is 6.31. The SMILES string of the molecule is CCOC(=O)C(F)(Cl)[N+](=O)[O-]. The molecule has 0 heterocycles. The Morgan fingerprint density at radius 2 is 2.36 bits per heavy atom. The summed E-state index contributed by atoms with van der Waals surface area (Å²) in [5.74, 6) is -1.70. The van der Waals surface area contributed by atoms with Crippen LogP contribution in [0.4, 0.5) is 4.39 Å². The third kappa shape index (κ3) is 2.30. The predicted molar refractivity (Wildman–Crippen MR) is 33.3 cm³/mol. The van der Waals surface area contributed by atoms with Gasteiger partial charge in [0, 0.05) is 11.6 Å². The number of hydrogen-bond donors (Lipinski definition) is 0. The van der Waals surface area contributed by atoms with E-state index in [2.05, 4.69) is 16.3 Å². The van der Waals surface area contributed by atoms with Crippen LogP contribution in [0.2, 0.25) is 0 Å². The lowest BCUT2D eigenvalue weighted by atomic mass is 10.6. The highest BCUT2D eigenvalue weighted by Gasteiger charge is 2.52. The lowest BCUT2D eigenvalue weighted by molar-refractivity contribution is -0.559. The van der Waals surface area contributed by atoms with E-state index in [9.17, 15) is 19.3 Å². The fraction of sp³-hybridized carbons (Fsp3) is 0.750. The van der Waals surface area contributed by atoms with Crippen LogP contribution in [0.1, 0.15) is 6.92 Å². The molecule has 0 aromatic heterocycles. The van der Waals surface area contributed by atoms with Gasteiger partial charge in [0.05, 0.1) is 11.5 Å². The Morgan fingerprint density at radius 3 is 2.64 bits per heavy atom. The highest BCUT2D eigenvalue weighted by Crippen LogP contribution is 2.19. The van der Waals surface area contributed by atoms with Crippen molar-refractivity contribution in [3.8, 4) is 0 Å². The molecule has 0 aliphatic rings. The minimum atomic E-state index is -3.66. The van der Waals surface area contributed by atoms with Gasteiger partial charge in [0.25, 0.3) is 0 Å². The molecule has 0 saturated heterocycles. The number of nitro groups is 1. The van der Waals surface area contributed by atoms with Gasteiger partial charge < -0.3 is 4.74 Å². The molecule has 0 amide bonds. The molecule has 11 heavy (non-hydrogen) atoms. The number of hydrogen-bond acceptors (Lipinski definition) is 4. The number of esters is 1. The van der Waals surface area contributed by atoms with Crippen LogP contribution in [0.5, 0.6) is 0 Å². The Labute approximate surface area is 66.2 Å². The van der Waals surface area contributed by atoms with Crippen LogP contribution >= 0.6 is 11.6 Å². The van der Waals surface area contributed by atoms with Crippen LogP contribution in [0.25, 0.3) is 0 Å². The Hall–Kier alpha value is -0.910. The fourth-order valence-electron chi connectivity index (χ4n) is 0.292. The summed E-state index contributed by atoms with van der Waals surface area (Å²) in [6.45, 7) is 1.22. The minimum Gasteiger partial charge on any atom is -0.457 e. The number of ether oxygens (including phenoxy) is 1. The van der Waals surface area contributed by atoms with Crippen LogP contribution in [-0.2, 0) is 9.53 Å². The van der Waals surface area contributed by atoms with E-state index in [4.69, 9.17) is 0 Å². The van der Waals surface area contributed by atoms with Gasteiger partial charge >= 0.3 is 11.2 Å². The van der Waals surface area contributed by atoms with E-state index in [0.29, 0.717) is 0 Å². The van der Waals surface area contributed by atoms with E-state index < -0.39 is 16.1 Å². The predicted octanol–water partition coefficient (Wildman–Crippen LogP) is 0.688. The summed E-state index contributed by atoms with van der Waals surface area (Å²) in [6, 6.07) is 0. The maximum atomic E-state index is 12.4. The average molecular weight is 186 g/mol. The van der Waals surface area contributed by atoms with Crippen molar-refractivity contribution in [3.63, 3.8) is 0 Å². The zero-order chi connectivity index (χ0) is 9.07. The van der Waals surface area contributed by atoms with Gasteiger partial charge in [-0.2, -0.15) is 0 Å². The van der Waals surface area contributed by atoms with Crippen molar-refractivity contribution in [2.45, 2.75) is 12.2 Å². The molecule has 0 aromatic rings. The fourth-order valence-corrected chi connectivity index (χ4v) is 0.347. The number of alkyl halides is 2. The van der Waals surface area contributed by atoms with E-state index >= 15 is 0 Å². The van der Waals surface area contributed by atoms with Crippen molar-refractivity contribution in [3.05, 3.63) is 10.1 Å². The van der Waals surface area contributed by atoms with Crippen molar-refractivity contribution in [1.82, 2.24) is 0 Å². The molecule has 1 unspecified atom stereocenters. The quantitative estimate of drug-likeness (QED) is 0.213. The lowest BCUT2D eigenvalue weighted by Gasteiger charge is -2.06. The largest absolute Gasteiger partial charge is 0.535 e. The second kappa shape index (κ2) is 3.47. The molecular weight excluding hydrogens is 180 g/mol. The molecule has 0 rings (SSSR count). The standard InChI is InChI=1S/C4H5ClFNO4/c1-2-11-3(8)4(5,6)7(9)10/h2H2,1H3. The summed E-state index contributed by atoms with van der Waals surface area (Å²) >= 11 is 4.56. The summed E-state index contributed by atoms with van der Waals surface area (Å²) in [5, 5.41) is 6.08. The summed E-state index contributed by atoms with van der Waals surface area (Å²) < 4.78 is 16.4. The zero-order valence-corrected chi connectivity index (χ0v) is 6.30. The van der Waals surface area contributed by atoms with Crippen molar-refractivity contribution in [2.75, 3.05) is 6.61 Å². The lowest BCUT2D eigenvalue weighted by Crippen LogP contribution is -2.37. The molecule has 0 aromatic carbocycles. The van der Waals surface area contributed by atoms with Crippen LogP contribution in [-0.4, -0.2) is 22.8 Å². The molecule has 0 N–H and O–H groups in total. The van der Waals surface area contributed by atoms with Crippen LogP contribution in [0.15, 0.2) is 0 Å². The van der Waals surface area contributed by atoms with Crippen LogP contribution < -0.4 is 0 Å². The molecule has 0 radical (unpaired) electrons. The topological polar surface area (TPSA) is 69.4 Å². The second-order valence-corrected chi connectivity index (χ2v) is 2.02. The molecule has 0 spiro atoms. The first kappa shape index (κ1) is 10.1. The van der Waals surface area contributed by atoms with E-state index in [1.165, 1.54) is 6.92 Å². The molecule has 7 heteroatoms. The molecule has 0 saturated carbocycles. The molecule has 5 nitrogen and oxygen atoms in total. The minimum absolute atomic E-state index is 0.162. The summed E-state index contributed by atoms with van der Waals surface area (Å²) in [4.78, 5) is 18.5. The summed E-state index contributed by atoms with van der Waals surface area (Å²) in [7, 11) is 0. The third-order valence-electron chi connectivity index (χ3n) is 0.750. The average Bonchev–Trinajstić information content (AvgIpc) is 1.88. The molecule has 64 valence electrons. The zero-order valence-electron chi connectivity index (χ0n) is 5.54. The van der Waals surface area contributed by atoms with E-state index in [-0.39, 0.29) is 6.61 Å². The second-order valence-electron chi connectivity index (χ2n) is 1.52. The summed E-state index contributed by atoms with van der Waals surface area (Å²) in [5.41, 5.74) is 0. The Morgan fingerprint density at radius 1 is 1.91 bits per heavy atom. The van der Waals surface area contributed by atoms with Gasteiger partial charge in [-0.3, -0.25) is 10.1 Å². The Kier molecular flexibility index (Phi) is 3.18. The van der Waals surface area contributed by atoms with Crippen molar-refractivity contribution in [1.29, 1.82) is 0 Å². The Bertz CT molecular complexity index is 183. The first-order chi connectivity index (χ1) is 4.92. The number of carbonyl (C=O) groups excluding carboxylic acids is 1. The first-order valence-electron chi connectivity index (χ1n) is 2.62. The van der Waals surface area contributed by atoms with E-state index in [1.54, 1.807) is 0 Å². The van der Waals surface area contributed by atoms with E-state index in [0.717, 1.165) is 0 Å². The van der Waals surface area contributed by atoms with Crippen LogP contribution in [0.3, 0.4) is 0 Å². The van der Waals surface area contributed by atoms with Crippen molar-refractivity contribution >= 4 is 17.6 Å². The number of nitrogens with zero attached hydrogens (tertiary/aromatic N) is 1. The molecule has 1 atom stereocenters. The number of halogens is 2. The molecule has 0 fully saturated rings. The molecule has 0 aliphatic heterocycles. The molecular formula is C4H5ClFNO4. The van der Waals surface area contributed by atoms with Crippen molar-refractivity contribution in [2.24, 2.45) is 0 Å². The number of carbonyl (C=O) groups is 1. The van der Waals surface area contributed by atoms with Crippen molar-refractivity contribution < 1.29 is 18.8 Å². The smallest absolute Gasteiger partial charge is 0.457 e. The monoisotopic (exact) mass is 185 g/mol. The van der Waals surface area contributed by atoms with Crippen LogP contribution in [0, 0.1) is 10.1 Å². The molecule has 0 bridgehead atoms. The third-order valence-corrected chi connectivity index (χ3v) is 1.04. The van der Waals surface area contributed by atoms with Gasteiger partial charge in [-0.05, 0) is 6.92 Å². The van der Waals surface area contributed by atoms with Gasteiger partial charge in [-0.25, -0.2) is 4.79 Å². The summed E-state index contributed by atoms with van der Waals surface area (Å²) in [6.07, 6.45) is 0.